The number of benzene rings is 1. The van der Waals surface area contributed by atoms with Crippen LogP contribution in [0.2, 0.25) is 0 Å². The number of hydrogen-bond donors (Lipinski definition) is 1. The lowest BCUT2D eigenvalue weighted by molar-refractivity contribution is -0.126. The normalized spacial score (nSPS) is 19.2. The molecule has 3 heterocycles. The van der Waals surface area contributed by atoms with E-state index in [4.69, 9.17) is 4.52 Å². The highest BCUT2D eigenvalue weighted by molar-refractivity contribution is 7.89. The second-order valence-corrected chi connectivity index (χ2v) is 11.7. The zero-order valence-electron chi connectivity index (χ0n) is 21.0. The molecule has 0 unspecified atom stereocenters. The third-order valence-electron chi connectivity index (χ3n) is 7.18. The third-order valence-corrected chi connectivity index (χ3v) is 9.24. The summed E-state index contributed by atoms with van der Waals surface area (Å²) < 4.78 is 47.4. The Balaban J connectivity index is 1.33. The maximum atomic E-state index is 14.0. The lowest BCUT2D eigenvalue weighted by atomic mass is 9.97. The van der Waals surface area contributed by atoms with Gasteiger partial charge in [0.2, 0.25) is 15.9 Å². The summed E-state index contributed by atoms with van der Waals surface area (Å²) in [4.78, 5) is 15.0. The molecule has 10 heteroatoms. The van der Waals surface area contributed by atoms with Gasteiger partial charge in [-0.25, -0.2) is 12.8 Å². The van der Waals surface area contributed by atoms with Crippen LogP contribution in [0.15, 0.2) is 33.7 Å². The Kier molecular flexibility index (Phi) is 8.58. The van der Waals surface area contributed by atoms with Crippen LogP contribution in [0.25, 0.3) is 12.2 Å². The standard InChI is InChI=1S/C26H35FN4O4S/c1-19-9-14-30(15-10-19)18-13-28-26(32)22-11-16-31(17-12-22)36(33,34)25-20(2)29-35-24(25)8-7-21-5-3-4-6-23(21)27/h3-8,19,22H,9-18H2,1-2H3,(H,28,32)/b8-7+. The van der Waals surface area contributed by atoms with Gasteiger partial charge in [-0.2, -0.15) is 4.31 Å². The summed E-state index contributed by atoms with van der Waals surface area (Å²) in [7, 11) is -3.89. The average molecular weight is 519 g/mol. The summed E-state index contributed by atoms with van der Waals surface area (Å²) in [5, 5.41) is 6.87. The number of amides is 1. The zero-order chi connectivity index (χ0) is 25.7. The quantitative estimate of drug-likeness (QED) is 0.574. The van der Waals surface area contributed by atoms with Gasteiger partial charge in [0.25, 0.3) is 0 Å². The zero-order valence-corrected chi connectivity index (χ0v) is 21.8. The van der Waals surface area contributed by atoms with Crippen molar-refractivity contribution in [3.63, 3.8) is 0 Å². The number of aromatic nitrogens is 1. The van der Waals surface area contributed by atoms with Crippen LogP contribution < -0.4 is 5.32 Å². The maximum absolute atomic E-state index is 14.0. The van der Waals surface area contributed by atoms with E-state index in [2.05, 4.69) is 22.3 Å². The number of aryl methyl sites for hydroxylation is 1. The number of halogens is 1. The Morgan fingerprint density at radius 2 is 1.83 bits per heavy atom. The number of nitrogens with zero attached hydrogens (tertiary/aromatic N) is 3. The van der Waals surface area contributed by atoms with Gasteiger partial charge < -0.3 is 14.7 Å². The van der Waals surface area contributed by atoms with Crippen molar-refractivity contribution in [2.24, 2.45) is 11.8 Å². The molecule has 0 spiro atoms. The van der Waals surface area contributed by atoms with Gasteiger partial charge in [-0.15, -0.1) is 0 Å². The fourth-order valence-corrected chi connectivity index (χ4v) is 6.55. The third kappa shape index (κ3) is 6.22. The molecule has 36 heavy (non-hydrogen) atoms. The number of rotatable bonds is 8. The van der Waals surface area contributed by atoms with E-state index in [9.17, 15) is 17.6 Å². The number of piperidine rings is 2. The number of carbonyl (C=O) groups is 1. The summed E-state index contributed by atoms with van der Waals surface area (Å²) >= 11 is 0. The highest BCUT2D eigenvalue weighted by Crippen LogP contribution is 2.29. The van der Waals surface area contributed by atoms with Crippen LogP contribution in [0.3, 0.4) is 0 Å². The van der Waals surface area contributed by atoms with Gasteiger partial charge >= 0.3 is 0 Å². The molecule has 0 bridgehead atoms. The number of carbonyl (C=O) groups excluding carboxylic acids is 1. The Hall–Kier alpha value is -2.56. The molecule has 1 N–H and O–H groups in total. The lowest BCUT2D eigenvalue weighted by Gasteiger charge is -2.31. The summed E-state index contributed by atoms with van der Waals surface area (Å²) in [6.07, 6.45) is 6.21. The number of nitrogens with one attached hydrogen (secondary N) is 1. The van der Waals surface area contributed by atoms with Crippen LogP contribution in [-0.4, -0.2) is 68.0 Å². The van der Waals surface area contributed by atoms with Crippen LogP contribution in [0.1, 0.15) is 49.6 Å². The highest BCUT2D eigenvalue weighted by Gasteiger charge is 2.36. The van der Waals surface area contributed by atoms with Crippen molar-refractivity contribution in [3.05, 3.63) is 47.1 Å². The second kappa shape index (κ2) is 11.7. The molecule has 0 saturated carbocycles. The highest BCUT2D eigenvalue weighted by atomic mass is 32.2. The van der Waals surface area contributed by atoms with Crippen LogP contribution in [0, 0.1) is 24.6 Å². The molecule has 4 rings (SSSR count). The maximum Gasteiger partial charge on any atom is 0.248 e. The van der Waals surface area contributed by atoms with Gasteiger partial charge in [0, 0.05) is 37.7 Å². The Bertz CT molecular complexity index is 1180. The van der Waals surface area contributed by atoms with Gasteiger partial charge in [0.1, 0.15) is 11.5 Å². The van der Waals surface area contributed by atoms with Crippen molar-refractivity contribution in [2.75, 3.05) is 39.3 Å². The summed E-state index contributed by atoms with van der Waals surface area (Å²) in [6.45, 7) is 7.95. The smallest absolute Gasteiger partial charge is 0.248 e. The fourth-order valence-electron chi connectivity index (χ4n) is 4.83. The Labute approximate surface area is 212 Å². The van der Waals surface area contributed by atoms with E-state index in [-0.39, 0.29) is 41.3 Å². The van der Waals surface area contributed by atoms with Gasteiger partial charge in [0.05, 0.1) is 0 Å². The molecule has 1 aromatic heterocycles. The van der Waals surface area contributed by atoms with Crippen LogP contribution in [0.5, 0.6) is 0 Å². The van der Waals surface area contributed by atoms with Gasteiger partial charge in [-0.3, -0.25) is 4.79 Å². The first kappa shape index (κ1) is 26.5. The molecule has 1 aromatic carbocycles. The summed E-state index contributed by atoms with van der Waals surface area (Å²) in [6, 6.07) is 6.20. The SMILES string of the molecule is Cc1noc(/C=C/c2ccccc2F)c1S(=O)(=O)N1CCC(C(=O)NCCN2CCC(C)CC2)CC1. The van der Waals surface area contributed by atoms with Crippen molar-refractivity contribution < 1.29 is 22.1 Å². The number of likely N-dealkylation sites (tertiary alicyclic amines) is 1. The Morgan fingerprint density at radius 3 is 2.53 bits per heavy atom. The van der Waals surface area contributed by atoms with Crippen molar-refractivity contribution in [3.8, 4) is 0 Å². The predicted octanol–water partition coefficient (Wildman–Crippen LogP) is 3.54. The summed E-state index contributed by atoms with van der Waals surface area (Å²) in [5.74, 6) is 0.204. The van der Waals surface area contributed by atoms with Crippen LogP contribution in [-0.2, 0) is 14.8 Å². The van der Waals surface area contributed by atoms with E-state index < -0.39 is 15.8 Å². The molecule has 2 aliphatic heterocycles. The van der Waals surface area contributed by atoms with Crippen LogP contribution >= 0.6 is 0 Å². The number of sulfonamides is 1. The number of hydrogen-bond acceptors (Lipinski definition) is 6. The van der Waals surface area contributed by atoms with Crippen molar-refractivity contribution in [1.82, 2.24) is 19.7 Å². The summed E-state index contributed by atoms with van der Waals surface area (Å²) in [5.41, 5.74) is 0.562. The molecule has 0 radical (unpaired) electrons. The van der Waals surface area contributed by atoms with E-state index in [1.165, 1.54) is 35.4 Å². The monoisotopic (exact) mass is 518 g/mol. The molecule has 0 atom stereocenters. The molecular formula is C26H35FN4O4S. The van der Waals surface area contributed by atoms with Gasteiger partial charge in [-0.1, -0.05) is 30.3 Å². The topological polar surface area (TPSA) is 95.8 Å². The Morgan fingerprint density at radius 1 is 1.14 bits per heavy atom. The van der Waals surface area contributed by atoms with E-state index in [0.29, 0.717) is 24.9 Å². The molecule has 1 amide bonds. The predicted molar refractivity (Wildman–Crippen MR) is 136 cm³/mol. The molecule has 2 aromatic rings. The molecule has 2 fully saturated rings. The molecule has 196 valence electrons. The first-order valence-corrected chi connectivity index (χ1v) is 14.1. The minimum Gasteiger partial charge on any atom is -0.355 e. The van der Waals surface area contributed by atoms with Gasteiger partial charge in [0.15, 0.2) is 10.7 Å². The molecular weight excluding hydrogens is 483 g/mol. The van der Waals surface area contributed by atoms with E-state index in [0.717, 1.165) is 25.6 Å². The fraction of sp³-hybridized carbons (Fsp3) is 0.538. The largest absolute Gasteiger partial charge is 0.355 e. The van der Waals surface area contributed by atoms with E-state index in [1.54, 1.807) is 25.1 Å². The van der Waals surface area contributed by atoms with E-state index >= 15 is 0 Å². The molecule has 0 aliphatic carbocycles. The van der Waals surface area contributed by atoms with Crippen molar-refractivity contribution in [1.29, 1.82) is 0 Å². The van der Waals surface area contributed by atoms with Crippen molar-refractivity contribution >= 4 is 28.1 Å². The van der Waals surface area contributed by atoms with E-state index in [1.807, 2.05) is 0 Å². The first-order valence-electron chi connectivity index (χ1n) is 12.6. The second-order valence-electron chi connectivity index (χ2n) is 9.81. The molecule has 2 aliphatic rings. The van der Waals surface area contributed by atoms with Crippen molar-refractivity contribution in [2.45, 2.75) is 44.4 Å². The minimum atomic E-state index is -3.89. The lowest BCUT2D eigenvalue weighted by Crippen LogP contribution is -2.45. The minimum absolute atomic E-state index is 0.00732. The van der Waals surface area contributed by atoms with Crippen LogP contribution in [0.4, 0.5) is 4.39 Å². The molecule has 8 nitrogen and oxygen atoms in total. The van der Waals surface area contributed by atoms with Gasteiger partial charge in [-0.05, 0) is 69.8 Å². The average Bonchev–Trinajstić information content (AvgIpc) is 3.25. The first-order chi connectivity index (χ1) is 17.3. The molecule has 2 saturated heterocycles.